The average molecular weight is 346 g/mol. The normalized spacial score (nSPS) is 11.3. The molecular formula is C15H18N6O2S. The SMILES string of the molecule is CCCc1ccc(C#N)c(SC/C([O-])=N/c2c[n+](N(C)C)no2)n1. The third-order valence-electron chi connectivity index (χ3n) is 2.97. The minimum absolute atomic E-state index is 0.0694. The Morgan fingerprint density at radius 2 is 2.29 bits per heavy atom. The molecule has 0 unspecified atom stereocenters. The van der Waals surface area contributed by atoms with Crippen LogP contribution in [0.25, 0.3) is 0 Å². The van der Waals surface area contributed by atoms with E-state index in [0.29, 0.717) is 10.6 Å². The summed E-state index contributed by atoms with van der Waals surface area (Å²) >= 11 is 1.20. The lowest BCUT2D eigenvalue weighted by molar-refractivity contribution is -0.753. The molecule has 0 fully saturated rings. The number of nitriles is 1. The Kier molecular flexibility index (Phi) is 6.14. The molecule has 0 saturated heterocycles. The minimum Gasteiger partial charge on any atom is -0.861 e. The molecule has 0 atom stereocenters. The molecule has 2 aromatic heterocycles. The Bertz CT molecular complexity index is 766. The first-order valence-corrected chi connectivity index (χ1v) is 8.35. The van der Waals surface area contributed by atoms with Crippen LogP contribution in [-0.4, -0.2) is 36.0 Å². The lowest BCUT2D eigenvalue weighted by Gasteiger charge is -2.09. The van der Waals surface area contributed by atoms with Crippen molar-refractivity contribution in [2.24, 2.45) is 4.99 Å². The standard InChI is InChI=1S/C15H18N6O2S/c1-4-5-12-7-6-11(8-16)15(17-12)24-10-13(22)18-14-9-21(19-23-14)20(2)3/h6-7,9H,4-5,10H2,1-3H3. The van der Waals surface area contributed by atoms with Crippen molar-refractivity contribution in [3.05, 3.63) is 29.6 Å². The fourth-order valence-electron chi connectivity index (χ4n) is 1.82. The monoisotopic (exact) mass is 346 g/mol. The highest BCUT2D eigenvalue weighted by Gasteiger charge is 2.12. The van der Waals surface area contributed by atoms with Crippen LogP contribution in [0.15, 0.2) is 32.9 Å². The third kappa shape index (κ3) is 4.70. The zero-order valence-corrected chi connectivity index (χ0v) is 14.6. The number of aromatic nitrogens is 3. The summed E-state index contributed by atoms with van der Waals surface area (Å²) in [6, 6.07) is 5.67. The van der Waals surface area contributed by atoms with Crippen molar-refractivity contribution >= 4 is 23.5 Å². The van der Waals surface area contributed by atoms with Gasteiger partial charge in [0.2, 0.25) is 5.27 Å². The number of nitrogens with zero attached hydrogens (tertiary/aromatic N) is 6. The van der Waals surface area contributed by atoms with E-state index in [1.165, 1.54) is 22.7 Å². The molecule has 126 valence electrons. The zero-order valence-electron chi connectivity index (χ0n) is 13.8. The largest absolute Gasteiger partial charge is 0.861 e. The topological polar surface area (TPSA) is 105 Å². The summed E-state index contributed by atoms with van der Waals surface area (Å²) < 4.78 is 4.95. The summed E-state index contributed by atoms with van der Waals surface area (Å²) in [6.45, 7) is 2.06. The summed E-state index contributed by atoms with van der Waals surface area (Å²) in [6.07, 6.45) is 3.30. The van der Waals surface area contributed by atoms with Crippen molar-refractivity contribution < 1.29 is 14.4 Å². The molecule has 2 heterocycles. The highest BCUT2D eigenvalue weighted by molar-refractivity contribution is 7.99. The first-order chi connectivity index (χ1) is 11.5. The lowest BCUT2D eigenvalue weighted by atomic mass is 10.2. The van der Waals surface area contributed by atoms with Crippen LogP contribution >= 0.6 is 11.8 Å². The van der Waals surface area contributed by atoms with Crippen molar-refractivity contribution in [3.8, 4) is 6.07 Å². The molecule has 0 aliphatic rings. The van der Waals surface area contributed by atoms with Crippen LogP contribution in [0.4, 0.5) is 5.88 Å². The van der Waals surface area contributed by atoms with E-state index in [-0.39, 0.29) is 17.5 Å². The van der Waals surface area contributed by atoms with E-state index in [1.54, 1.807) is 25.2 Å². The summed E-state index contributed by atoms with van der Waals surface area (Å²) in [7, 11) is 3.56. The molecule has 0 amide bonds. The Morgan fingerprint density at radius 3 is 2.92 bits per heavy atom. The van der Waals surface area contributed by atoms with Crippen LogP contribution < -0.4 is 14.9 Å². The van der Waals surface area contributed by atoms with Gasteiger partial charge in [-0.1, -0.05) is 25.1 Å². The molecule has 0 saturated carbocycles. The third-order valence-corrected chi connectivity index (χ3v) is 3.94. The van der Waals surface area contributed by atoms with Gasteiger partial charge in [0, 0.05) is 11.4 Å². The minimum atomic E-state index is -0.381. The van der Waals surface area contributed by atoms with Crippen LogP contribution in [0.2, 0.25) is 0 Å². The number of aryl methyl sites for hydroxylation is 1. The first-order valence-electron chi connectivity index (χ1n) is 7.37. The van der Waals surface area contributed by atoms with Gasteiger partial charge in [-0.15, -0.1) is 0 Å². The second-order valence-corrected chi connectivity index (χ2v) is 6.08. The van der Waals surface area contributed by atoms with Gasteiger partial charge in [-0.3, -0.25) is 4.52 Å². The predicted octanol–water partition coefficient (Wildman–Crippen LogP) is 0.561. The van der Waals surface area contributed by atoms with Gasteiger partial charge in [-0.05, 0) is 24.5 Å². The smallest absolute Gasteiger partial charge is 0.324 e. The number of hydrogen-bond acceptors (Lipinski definition) is 8. The van der Waals surface area contributed by atoms with E-state index in [2.05, 4.69) is 28.2 Å². The van der Waals surface area contributed by atoms with E-state index in [9.17, 15) is 5.11 Å². The molecule has 0 radical (unpaired) electrons. The number of rotatable bonds is 7. The summed E-state index contributed by atoms with van der Waals surface area (Å²) in [5, 5.41) is 27.0. The van der Waals surface area contributed by atoms with Gasteiger partial charge in [-0.2, -0.15) is 10.3 Å². The Morgan fingerprint density at radius 1 is 1.50 bits per heavy atom. The van der Waals surface area contributed by atoms with Gasteiger partial charge < -0.3 is 5.11 Å². The van der Waals surface area contributed by atoms with E-state index >= 15 is 0 Å². The van der Waals surface area contributed by atoms with Gasteiger partial charge in [0.05, 0.1) is 24.4 Å². The van der Waals surface area contributed by atoms with Gasteiger partial charge >= 0.3 is 5.88 Å². The molecule has 0 aliphatic carbocycles. The van der Waals surface area contributed by atoms with Gasteiger partial charge in [-0.25, -0.2) is 9.98 Å². The van der Waals surface area contributed by atoms with Crippen molar-refractivity contribution in [2.45, 2.75) is 24.8 Å². The van der Waals surface area contributed by atoms with Crippen molar-refractivity contribution in [2.75, 3.05) is 24.9 Å². The number of pyridine rings is 1. The summed E-state index contributed by atoms with van der Waals surface area (Å²) in [4.78, 5) is 9.70. The number of thioether (sulfide) groups is 1. The highest BCUT2D eigenvalue weighted by Crippen LogP contribution is 2.21. The molecule has 2 rings (SSSR count). The molecular weight excluding hydrogens is 328 g/mol. The summed E-state index contributed by atoms with van der Waals surface area (Å²) in [5.74, 6) is -0.184. The van der Waals surface area contributed by atoms with Crippen molar-refractivity contribution in [1.29, 1.82) is 5.26 Å². The molecule has 8 nitrogen and oxygen atoms in total. The second kappa shape index (κ2) is 8.31. The van der Waals surface area contributed by atoms with Crippen LogP contribution in [0, 0.1) is 11.3 Å². The molecule has 24 heavy (non-hydrogen) atoms. The maximum absolute atomic E-state index is 12.0. The molecule has 0 aliphatic heterocycles. The van der Waals surface area contributed by atoms with Crippen molar-refractivity contribution in [3.63, 3.8) is 0 Å². The van der Waals surface area contributed by atoms with E-state index < -0.39 is 0 Å². The molecule has 0 N–H and O–H groups in total. The molecule has 9 heteroatoms. The zero-order chi connectivity index (χ0) is 17.5. The first kappa shape index (κ1) is 17.7. The van der Waals surface area contributed by atoms with E-state index in [4.69, 9.17) is 9.78 Å². The Labute approximate surface area is 144 Å². The van der Waals surface area contributed by atoms with Gasteiger partial charge in [0.25, 0.3) is 6.20 Å². The Balaban J connectivity index is 2.07. The quantitative estimate of drug-likeness (QED) is 0.312. The number of hydrogen-bond donors (Lipinski definition) is 0. The van der Waals surface area contributed by atoms with Gasteiger partial charge in [0.1, 0.15) is 11.1 Å². The van der Waals surface area contributed by atoms with E-state index in [0.717, 1.165) is 18.5 Å². The van der Waals surface area contributed by atoms with Crippen LogP contribution in [0.5, 0.6) is 0 Å². The van der Waals surface area contributed by atoms with Gasteiger partial charge in [0.15, 0.2) is 0 Å². The predicted molar refractivity (Wildman–Crippen MR) is 87.5 cm³/mol. The molecule has 0 bridgehead atoms. The van der Waals surface area contributed by atoms with Crippen LogP contribution in [0.1, 0.15) is 24.6 Å². The van der Waals surface area contributed by atoms with Crippen LogP contribution in [-0.2, 0) is 6.42 Å². The van der Waals surface area contributed by atoms with E-state index in [1.807, 2.05) is 6.07 Å². The second-order valence-electron chi connectivity index (χ2n) is 5.12. The lowest BCUT2D eigenvalue weighted by Crippen LogP contribution is -2.53. The fourth-order valence-corrected chi connectivity index (χ4v) is 2.60. The average Bonchev–Trinajstić information content (AvgIpc) is 3.02. The molecule has 0 aromatic carbocycles. The highest BCUT2D eigenvalue weighted by atomic mass is 32.2. The van der Waals surface area contributed by atoms with Crippen molar-refractivity contribution in [1.82, 2.24) is 10.3 Å². The number of aliphatic imine (C=N–C) groups is 1. The fraction of sp³-hybridized carbons (Fsp3) is 0.400. The molecule has 0 spiro atoms. The maximum atomic E-state index is 12.0. The summed E-state index contributed by atoms with van der Waals surface area (Å²) in [5.41, 5.74) is 1.36. The maximum Gasteiger partial charge on any atom is 0.324 e. The van der Waals surface area contributed by atoms with Crippen LogP contribution in [0.3, 0.4) is 0 Å². The molecule has 2 aromatic rings. The Hall–Kier alpha value is -2.60.